The van der Waals surface area contributed by atoms with Crippen LogP contribution in [0.4, 0.5) is 0 Å². The molecule has 0 amide bonds. The summed E-state index contributed by atoms with van der Waals surface area (Å²) in [5.41, 5.74) is 4.41. The van der Waals surface area contributed by atoms with E-state index in [1.807, 2.05) is 30.3 Å². The number of carbonyl (C=O) groups excluding carboxylic acids is 1. The minimum atomic E-state index is 0.300. The molecule has 0 radical (unpaired) electrons. The summed E-state index contributed by atoms with van der Waals surface area (Å²) in [5, 5.41) is 0.788. The van der Waals surface area contributed by atoms with Gasteiger partial charge in [0.25, 0.3) is 6.47 Å². The zero-order chi connectivity index (χ0) is 12.8. The van der Waals surface area contributed by atoms with Gasteiger partial charge in [0, 0.05) is 5.33 Å². The number of benzene rings is 2. The molecule has 0 bridgehead atoms. The summed E-state index contributed by atoms with van der Waals surface area (Å²) in [5.74, 6) is 0. The van der Waals surface area contributed by atoms with Crippen molar-refractivity contribution in [2.75, 3.05) is 0 Å². The van der Waals surface area contributed by atoms with Gasteiger partial charge in [0.05, 0.1) is 0 Å². The summed E-state index contributed by atoms with van der Waals surface area (Å²) >= 11 is 3.43. The molecule has 3 heteroatoms. The summed E-state index contributed by atoms with van der Waals surface area (Å²) in [4.78, 5) is 10.3. The van der Waals surface area contributed by atoms with Crippen LogP contribution < -0.4 is 0 Å². The van der Waals surface area contributed by atoms with E-state index in [0.717, 1.165) is 22.0 Å². The minimum Gasteiger partial charge on any atom is -0.463 e. The van der Waals surface area contributed by atoms with Crippen LogP contribution in [0.15, 0.2) is 48.5 Å². The van der Waals surface area contributed by atoms with Crippen molar-refractivity contribution in [1.82, 2.24) is 0 Å². The summed E-state index contributed by atoms with van der Waals surface area (Å²) in [6.07, 6.45) is 0. The molecular weight excluding hydrogens is 292 g/mol. The first-order valence-electron chi connectivity index (χ1n) is 5.63. The number of hydrogen-bond acceptors (Lipinski definition) is 2. The molecular formula is C15H13BrO2. The molecule has 0 saturated heterocycles. The van der Waals surface area contributed by atoms with Crippen molar-refractivity contribution in [2.45, 2.75) is 11.9 Å². The van der Waals surface area contributed by atoms with E-state index in [0.29, 0.717) is 13.1 Å². The smallest absolute Gasteiger partial charge is 0.293 e. The molecule has 2 aromatic rings. The third-order valence-electron chi connectivity index (χ3n) is 2.72. The third-order valence-corrected chi connectivity index (χ3v) is 3.36. The molecule has 0 aliphatic carbocycles. The fraction of sp³-hybridized carbons (Fsp3) is 0.133. The molecule has 0 spiro atoms. The van der Waals surface area contributed by atoms with Crippen LogP contribution in [0.2, 0.25) is 0 Å². The van der Waals surface area contributed by atoms with E-state index in [-0.39, 0.29) is 0 Å². The average Bonchev–Trinajstić information content (AvgIpc) is 2.45. The van der Waals surface area contributed by atoms with Crippen LogP contribution in [0, 0.1) is 0 Å². The van der Waals surface area contributed by atoms with Crippen LogP contribution in [0.1, 0.15) is 11.1 Å². The maximum absolute atomic E-state index is 10.3. The zero-order valence-electron chi connectivity index (χ0n) is 9.80. The number of ether oxygens (including phenoxy) is 1. The van der Waals surface area contributed by atoms with Crippen molar-refractivity contribution in [3.05, 3.63) is 59.7 Å². The summed E-state index contributed by atoms with van der Waals surface area (Å²) in [6.45, 7) is 0.782. The highest BCUT2D eigenvalue weighted by Crippen LogP contribution is 2.26. The van der Waals surface area contributed by atoms with Gasteiger partial charge < -0.3 is 4.74 Å². The summed E-state index contributed by atoms with van der Waals surface area (Å²) in [6, 6.07) is 16.3. The van der Waals surface area contributed by atoms with E-state index < -0.39 is 0 Å². The molecule has 0 heterocycles. The molecule has 2 aromatic carbocycles. The van der Waals surface area contributed by atoms with Gasteiger partial charge in [-0.3, -0.25) is 4.79 Å². The Morgan fingerprint density at radius 3 is 2.56 bits per heavy atom. The van der Waals surface area contributed by atoms with Gasteiger partial charge in [-0.25, -0.2) is 0 Å². The minimum absolute atomic E-state index is 0.300. The Morgan fingerprint density at radius 1 is 1.11 bits per heavy atom. The lowest BCUT2D eigenvalue weighted by Gasteiger charge is -2.10. The molecule has 2 nitrogen and oxygen atoms in total. The Morgan fingerprint density at radius 2 is 1.89 bits per heavy atom. The van der Waals surface area contributed by atoms with Gasteiger partial charge in [0.1, 0.15) is 6.61 Å². The van der Waals surface area contributed by atoms with Gasteiger partial charge in [0.15, 0.2) is 0 Å². The predicted octanol–water partition coefficient (Wildman–Crippen LogP) is 3.92. The van der Waals surface area contributed by atoms with Crippen LogP contribution in [-0.4, -0.2) is 6.47 Å². The lowest BCUT2D eigenvalue weighted by molar-refractivity contribution is -0.129. The molecule has 0 N–H and O–H groups in total. The van der Waals surface area contributed by atoms with Gasteiger partial charge >= 0.3 is 0 Å². The second-order valence-corrected chi connectivity index (χ2v) is 4.46. The number of carbonyl (C=O) groups is 1. The zero-order valence-corrected chi connectivity index (χ0v) is 11.4. The maximum atomic E-state index is 10.3. The third kappa shape index (κ3) is 2.99. The van der Waals surface area contributed by atoms with Crippen molar-refractivity contribution < 1.29 is 9.53 Å². The van der Waals surface area contributed by atoms with Crippen LogP contribution in [-0.2, 0) is 21.5 Å². The Balaban J connectivity index is 2.42. The van der Waals surface area contributed by atoms with Crippen molar-refractivity contribution in [2.24, 2.45) is 0 Å². The van der Waals surface area contributed by atoms with Crippen molar-refractivity contribution in [3.8, 4) is 11.1 Å². The summed E-state index contributed by atoms with van der Waals surface area (Å²) in [7, 11) is 0. The molecule has 0 saturated carbocycles. The first-order valence-corrected chi connectivity index (χ1v) is 6.75. The first kappa shape index (κ1) is 12.8. The van der Waals surface area contributed by atoms with Gasteiger partial charge in [-0.15, -0.1) is 0 Å². The van der Waals surface area contributed by atoms with E-state index in [9.17, 15) is 4.79 Å². The fourth-order valence-corrected chi connectivity index (χ4v) is 2.22. The predicted molar refractivity (Wildman–Crippen MR) is 75.4 cm³/mol. The largest absolute Gasteiger partial charge is 0.463 e. The van der Waals surface area contributed by atoms with E-state index in [4.69, 9.17) is 4.74 Å². The lowest BCUT2D eigenvalue weighted by Crippen LogP contribution is -1.95. The molecule has 0 aliphatic heterocycles. The second-order valence-electron chi connectivity index (χ2n) is 3.90. The number of halogens is 1. The average molecular weight is 305 g/mol. The van der Waals surface area contributed by atoms with Gasteiger partial charge in [-0.05, 0) is 22.3 Å². The lowest BCUT2D eigenvalue weighted by atomic mass is 9.98. The highest BCUT2D eigenvalue weighted by Gasteiger charge is 2.06. The van der Waals surface area contributed by atoms with E-state index in [1.165, 1.54) is 5.56 Å². The highest BCUT2D eigenvalue weighted by atomic mass is 79.9. The quantitative estimate of drug-likeness (QED) is 0.618. The van der Waals surface area contributed by atoms with Crippen LogP contribution in [0.3, 0.4) is 0 Å². The molecule has 92 valence electrons. The highest BCUT2D eigenvalue weighted by molar-refractivity contribution is 9.08. The van der Waals surface area contributed by atoms with E-state index in [2.05, 4.69) is 34.1 Å². The van der Waals surface area contributed by atoms with Gasteiger partial charge in [-0.2, -0.15) is 0 Å². The first-order chi connectivity index (χ1) is 8.85. The standard InChI is InChI=1S/C15H13BrO2/c16-9-12-6-7-15(13-4-2-1-3-5-13)14(8-12)10-18-11-17/h1-8,11H,9-10H2. The number of rotatable bonds is 5. The second kappa shape index (κ2) is 6.36. The van der Waals surface area contributed by atoms with Gasteiger partial charge in [-0.1, -0.05) is 64.5 Å². The molecule has 0 atom stereocenters. The topological polar surface area (TPSA) is 26.3 Å². The normalized spacial score (nSPS) is 10.1. The van der Waals surface area contributed by atoms with E-state index in [1.54, 1.807) is 0 Å². The maximum Gasteiger partial charge on any atom is 0.293 e. The molecule has 2 rings (SSSR count). The van der Waals surface area contributed by atoms with Gasteiger partial charge in [0.2, 0.25) is 0 Å². The Hall–Kier alpha value is -1.61. The Kier molecular flexibility index (Phi) is 4.53. The Bertz CT molecular complexity index is 523. The molecule has 0 aliphatic rings. The van der Waals surface area contributed by atoms with Crippen LogP contribution in [0.25, 0.3) is 11.1 Å². The number of alkyl halides is 1. The summed E-state index contributed by atoms with van der Waals surface area (Å²) < 4.78 is 4.89. The Labute approximate surface area is 115 Å². The number of hydrogen-bond donors (Lipinski definition) is 0. The SMILES string of the molecule is O=COCc1cc(CBr)ccc1-c1ccccc1. The van der Waals surface area contributed by atoms with Crippen molar-refractivity contribution in [1.29, 1.82) is 0 Å². The van der Waals surface area contributed by atoms with Crippen molar-refractivity contribution >= 4 is 22.4 Å². The molecule has 0 unspecified atom stereocenters. The molecule has 0 fully saturated rings. The van der Waals surface area contributed by atoms with Crippen molar-refractivity contribution in [3.63, 3.8) is 0 Å². The molecule has 18 heavy (non-hydrogen) atoms. The van der Waals surface area contributed by atoms with Crippen LogP contribution in [0.5, 0.6) is 0 Å². The molecule has 0 aromatic heterocycles. The fourth-order valence-electron chi connectivity index (χ4n) is 1.87. The monoisotopic (exact) mass is 304 g/mol. The van der Waals surface area contributed by atoms with E-state index >= 15 is 0 Å². The van der Waals surface area contributed by atoms with Crippen LogP contribution >= 0.6 is 15.9 Å².